The van der Waals surface area contributed by atoms with Crippen LogP contribution in [0.5, 0.6) is 17.2 Å². The van der Waals surface area contributed by atoms with Crippen LogP contribution in [-0.4, -0.2) is 48.8 Å². The molecule has 1 aromatic heterocycles. The van der Waals surface area contributed by atoms with Crippen molar-refractivity contribution in [3.05, 3.63) is 47.8 Å². The van der Waals surface area contributed by atoms with E-state index in [2.05, 4.69) is 18.8 Å². The Labute approximate surface area is 224 Å². The number of carbonyl (C=O) groups is 3. The zero-order valence-electron chi connectivity index (χ0n) is 23.5. The van der Waals surface area contributed by atoms with Crippen molar-refractivity contribution in [2.75, 3.05) is 13.9 Å². The van der Waals surface area contributed by atoms with Gasteiger partial charge in [-0.25, -0.2) is 4.98 Å². The minimum absolute atomic E-state index is 0.0204. The first-order chi connectivity index (χ1) is 17.9. The third-order valence-electron chi connectivity index (χ3n) is 5.87. The van der Waals surface area contributed by atoms with Crippen molar-refractivity contribution in [1.29, 1.82) is 0 Å². The van der Waals surface area contributed by atoms with E-state index in [4.69, 9.17) is 23.7 Å². The maximum atomic E-state index is 13.1. The molecule has 0 N–H and O–H groups in total. The molecule has 0 aliphatic heterocycles. The van der Waals surface area contributed by atoms with Crippen LogP contribution in [0.25, 0.3) is 0 Å². The Morgan fingerprint density at radius 1 is 0.947 bits per heavy atom. The molecule has 0 amide bonds. The molecule has 3 atom stereocenters. The third-order valence-corrected chi connectivity index (χ3v) is 5.87. The average molecular weight is 530 g/mol. The van der Waals surface area contributed by atoms with Gasteiger partial charge in [0, 0.05) is 31.5 Å². The molecule has 0 unspecified atom stereocenters. The number of methoxy groups -OCH3 is 1. The smallest absolute Gasteiger partial charge is 0.309 e. The number of aromatic nitrogens is 1. The molecule has 208 valence electrons. The summed E-state index contributed by atoms with van der Waals surface area (Å²) in [6.45, 7) is 12.4. The number of ketones is 1. The first kappa shape index (κ1) is 30.6. The van der Waals surface area contributed by atoms with Crippen LogP contribution in [0.15, 0.2) is 36.5 Å². The molecule has 1 heterocycles. The Bertz CT molecular complexity index is 1080. The molecule has 38 heavy (non-hydrogen) atoms. The lowest BCUT2D eigenvalue weighted by Gasteiger charge is -2.29. The van der Waals surface area contributed by atoms with Gasteiger partial charge >= 0.3 is 11.9 Å². The predicted molar refractivity (Wildman–Crippen MR) is 142 cm³/mol. The second-order valence-corrected chi connectivity index (χ2v) is 9.76. The maximum Gasteiger partial charge on any atom is 0.309 e. The number of pyridine rings is 1. The number of carbonyl (C=O) groups excluding carboxylic acids is 3. The van der Waals surface area contributed by atoms with Crippen LogP contribution in [0, 0.1) is 11.8 Å². The molecule has 0 radical (unpaired) electrons. The van der Waals surface area contributed by atoms with E-state index < -0.39 is 36.5 Å². The van der Waals surface area contributed by atoms with Gasteiger partial charge in [-0.15, -0.1) is 0 Å². The molecule has 1 aromatic carbocycles. The van der Waals surface area contributed by atoms with E-state index in [9.17, 15) is 14.4 Å². The quantitative estimate of drug-likeness (QED) is 0.181. The number of benzene rings is 1. The number of ether oxygens (including phenoxy) is 5. The molecule has 0 saturated carbocycles. The summed E-state index contributed by atoms with van der Waals surface area (Å²) in [7, 11) is 1.42. The summed E-state index contributed by atoms with van der Waals surface area (Å²) in [5.74, 6) is -0.948. The first-order valence-corrected chi connectivity index (χ1v) is 12.7. The number of rotatable bonds is 14. The lowest BCUT2D eigenvalue weighted by atomic mass is 9.84. The lowest BCUT2D eigenvalue weighted by Crippen LogP contribution is -2.29. The number of hydrogen-bond donors (Lipinski definition) is 0. The van der Waals surface area contributed by atoms with Gasteiger partial charge in [-0.05, 0) is 44.4 Å². The second kappa shape index (κ2) is 14.4. The average Bonchev–Trinajstić information content (AvgIpc) is 2.84. The Hall–Kier alpha value is -3.62. The van der Waals surface area contributed by atoms with Crippen LogP contribution in [0.4, 0.5) is 0 Å². The van der Waals surface area contributed by atoms with Gasteiger partial charge < -0.3 is 23.7 Å². The van der Waals surface area contributed by atoms with Crippen LogP contribution in [0.1, 0.15) is 76.9 Å². The molecule has 0 fully saturated rings. The number of esters is 2. The van der Waals surface area contributed by atoms with Crippen molar-refractivity contribution in [1.82, 2.24) is 4.98 Å². The van der Waals surface area contributed by atoms with Gasteiger partial charge in [0.05, 0.1) is 19.1 Å². The fourth-order valence-electron chi connectivity index (χ4n) is 4.17. The molecular weight excluding hydrogens is 490 g/mol. The van der Waals surface area contributed by atoms with Gasteiger partial charge in [0.2, 0.25) is 6.79 Å². The van der Waals surface area contributed by atoms with Gasteiger partial charge in [0.1, 0.15) is 11.9 Å². The second-order valence-electron chi connectivity index (χ2n) is 9.76. The molecule has 0 aliphatic carbocycles. The van der Waals surface area contributed by atoms with Gasteiger partial charge in [0.15, 0.2) is 23.0 Å². The summed E-state index contributed by atoms with van der Waals surface area (Å²) in [5.41, 5.74) is 1.02. The summed E-state index contributed by atoms with van der Waals surface area (Å²) < 4.78 is 27.1. The lowest BCUT2D eigenvalue weighted by molar-refractivity contribution is -0.154. The monoisotopic (exact) mass is 529 g/mol. The summed E-state index contributed by atoms with van der Waals surface area (Å²) in [5, 5.41) is 0. The van der Waals surface area contributed by atoms with Gasteiger partial charge in [-0.1, -0.05) is 32.9 Å². The van der Waals surface area contributed by atoms with Crippen molar-refractivity contribution in [3.8, 4) is 17.2 Å². The molecule has 2 aromatic rings. The maximum absolute atomic E-state index is 13.1. The molecule has 0 saturated heterocycles. The molecule has 9 heteroatoms. The highest BCUT2D eigenvalue weighted by Crippen LogP contribution is 2.33. The predicted octanol–water partition coefficient (Wildman–Crippen LogP) is 5.36. The molecule has 2 rings (SSSR count). The molecule has 9 nitrogen and oxygen atoms in total. The largest absolute Gasteiger partial charge is 0.493 e. The summed E-state index contributed by atoms with van der Waals surface area (Å²) >= 11 is 0. The summed E-state index contributed by atoms with van der Waals surface area (Å²) in [6, 6.07) is 9.34. The normalized spacial score (nSPS) is 13.4. The highest BCUT2D eigenvalue weighted by molar-refractivity contribution is 5.99. The zero-order valence-corrected chi connectivity index (χ0v) is 23.5. The van der Waals surface area contributed by atoms with Gasteiger partial charge in [-0.3, -0.25) is 14.4 Å². The molecule has 0 spiro atoms. The van der Waals surface area contributed by atoms with E-state index in [1.54, 1.807) is 6.92 Å². The summed E-state index contributed by atoms with van der Waals surface area (Å²) in [6.07, 6.45) is 0.910. The van der Waals surface area contributed by atoms with Crippen molar-refractivity contribution in [3.63, 3.8) is 0 Å². The van der Waals surface area contributed by atoms with E-state index >= 15 is 0 Å². The first-order valence-electron chi connectivity index (χ1n) is 12.7. The standard InChI is InChI=1S/C29H39NO8/c1-17(2)26(22-9-11-23(12-10-22)37-18(3)4)20(6)38-29(33)19(5)15-24(32)27-28(36-16-35-21(7)31)25(34-8)13-14-30-27/h9-14,17-20,26H,15-16H2,1-8H3/t19-,20+,26-/m1/s1. The van der Waals surface area contributed by atoms with Crippen LogP contribution in [-0.2, 0) is 19.1 Å². The zero-order chi connectivity index (χ0) is 28.4. The van der Waals surface area contributed by atoms with E-state index in [0.29, 0.717) is 0 Å². The Morgan fingerprint density at radius 3 is 2.16 bits per heavy atom. The Balaban J connectivity index is 2.10. The van der Waals surface area contributed by atoms with Crippen molar-refractivity contribution >= 4 is 17.7 Å². The van der Waals surface area contributed by atoms with E-state index in [-0.39, 0.29) is 41.6 Å². The third kappa shape index (κ3) is 8.75. The van der Waals surface area contributed by atoms with E-state index in [1.807, 2.05) is 45.0 Å². The van der Waals surface area contributed by atoms with E-state index in [1.165, 1.54) is 26.3 Å². The van der Waals surface area contributed by atoms with Crippen LogP contribution in [0.2, 0.25) is 0 Å². The van der Waals surface area contributed by atoms with E-state index in [0.717, 1.165) is 11.3 Å². The summed E-state index contributed by atoms with van der Waals surface area (Å²) in [4.78, 5) is 41.3. The number of nitrogens with zero attached hydrogens (tertiary/aromatic N) is 1. The highest BCUT2D eigenvalue weighted by Gasteiger charge is 2.30. The number of hydrogen-bond acceptors (Lipinski definition) is 9. The fourth-order valence-corrected chi connectivity index (χ4v) is 4.17. The Morgan fingerprint density at radius 2 is 1.61 bits per heavy atom. The van der Waals surface area contributed by atoms with Crippen molar-refractivity contribution < 1.29 is 38.1 Å². The van der Waals surface area contributed by atoms with Crippen molar-refractivity contribution in [2.24, 2.45) is 11.8 Å². The molecule has 0 aliphatic rings. The van der Waals surface area contributed by atoms with Gasteiger partial charge in [-0.2, -0.15) is 0 Å². The topological polar surface area (TPSA) is 110 Å². The van der Waals surface area contributed by atoms with Gasteiger partial charge in [0.25, 0.3) is 0 Å². The fraction of sp³-hybridized carbons (Fsp3) is 0.517. The van der Waals surface area contributed by atoms with Crippen LogP contribution in [0.3, 0.4) is 0 Å². The molecular formula is C29H39NO8. The Kier molecular flexibility index (Phi) is 11.6. The van der Waals surface area contributed by atoms with Crippen LogP contribution < -0.4 is 14.2 Å². The SMILES string of the molecule is COc1ccnc(C(=O)C[C@@H](C)C(=O)O[C@@H](C)[C@H](c2ccc(OC(C)C)cc2)C(C)C)c1OCOC(C)=O. The minimum Gasteiger partial charge on any atom is -0.493 e. The highest BCUT2D eigenvalue weighted by atomic mass is 16.7. The van der Waals surface area contributed by atoms with Crippen LogP contribution >= 0.6 is 0 Å². The number of Topliss-reactive ketones (excluding diaryl/α,β-unsaturated/α-hetero) is 1. The molecule has 0 bridgehead atoms. The van der Waals surface area contributed by atoms with Crippen molar-refractivity contribution in [2.45, 2.75) is 73.0 Å². The minimum atomic E-state index is -0.728.